The molecule has 0 saturated carbocycles. The van der Waals surface area contributed by atoms with E-state index >= 15 is 0 Å². The number of carboxylic acids is 1. The average Bonchev–Trinajstić information content (AvgIpc) is 2.66. The molecule has 1 N–H and O–H groups in total. The Morgan fingerprint density at radius 2 is 2.00 bits per heavy atom. The van der Waals surface area contributed by atoms with Crippen LogP contribution in [0.1, 0.15) is 19.8 Å². The van der Waals surface area contributed by atoms with Crippen LogP contribution >= 0.6 is 0 Å². The van der Waals surface area contributed by atoms with Crippen LogP contribution in [0.2, 0.25) is 0 Å². The van der Waals surface area contributed by atoms with Gasteiger partial charge in [-0.05, 0) is 19.8 Å². The lowest BCUT2D eigenvalue weighted by Crippen LogP contribution is -2.33. The lowest BCUT2D eigenvalue weighted by molar-refractivity contribution is -0.152. The van der Waals surface area contributed by atoms with Crippen LogP contribution in [0, 0.1) is 0 Å². The maximum Gasteiger partial charge on any atom is 0.332 e. The topological polar surface area (TPSA) is 66.8 Å². The summed E-state index contributed by atoms with van der Waals surface area (Å²) < 4.78 is 4.89. The van der Waals surface area contributed by atoms with Gasteiger partial charge >= 0.3 is 5.97 Å². The monoisotopic (exact) mass is 201 g/mol. The zero-order valence-electron chi connectivity index (χ0n) is 8.23. The minimum atomic E-state index is -1.04. The number of amides is 1. The SMILES string of the molecule is C[C@H](OCC(=O)N1CCCC1)C(=O)O. The van der Waals surface area contributed by atoms with Gasteiger partial charge in [0, 0.05) is 13.1 Å². The summed E-state index contributed by atoms with van der Waals surface area (Å²) in [5.74, 6) is -1.16. The van der Waals surface area contributed by atoms with Crippen LogP contribution in [0.5, 0.6) is 0 Å². The molecular weight excluding hydrogens is 186 g/mol. The maximum atomic E-state index is 11.4. The lowest BCUT2D eigenvalue weighted by atomic mass is 10.4. The number of rotatable bonds is 4. The van der Waals surface area contributed by atoms with Gasteiger partial charge in [0.25, 0.3) is 0 Å². The van der Waals surface area contributed by atoms with Crippen molar-refractivity contribution in [1.82, 2.24) is 4.90 Å². The number of hydrogen-bond acceptors (Lipinski definition) is 3. The summed E-state index contributed by atoms with van der Waals surface area (Å²) in [5, 5.41) is 8.51. The Morgan fingerprint density at radius 1 is 1.43 bits per heavy atom. The highest BCUT2D eigenvalue weighted by molar-refractivity contribution is 5.78. The Bertz CT molecular complexity index is 223. The van der Waals surface area contributed by atoms with Gasteiger partial charge in [0.1, 0.15) is 6.61 Å². The number of nitrogens with zero attached hydrogens (tertiary/aromatic N) is 1. The quantitative estimate of drug-likeness (QED) is 0.700. The lowest BCUT2D eigenvalue weighted by Gasteiger charge is -2.16. The molecule has 5 heteroatoms. The van der Waals surface area contributed by atoms with E-state index in [1.165, 1.54) is 6.92 Å². The van der Waals surface area contributed by atoms with E-state index in [0.717, 1.165) is 25.9 Å². The summed E-state index contributed by atoms with van der Waals surface area (Å²) in [5.41, 5.74) is 0. The zero-order chi connectivity index (χ0) is 10.6. The summed E-state index contributed by atoms with van der Waals surface area (Å²) in [6, 6.07) is 0. The van der Waals surface area contributed by atoms with E-state index < -0.39 is 12.1 Å². The van der Waals surface area contributed by atoms with Gasteiger partial charge < -0.3 is 14.7 Å². The largest absolute Gasteiger partial charge is 0.479 e. The molecule has 5 nitrogen and oxygen atoms in total. The van der Waals surface area contributed by atoms with Gasteiger partial charge in [-0.2, -0.15) is 0 Å². The fourth-order valence-corrected chi connectivity index (χ4v) is 1.33. The zero-order valence-corrected chi connectivity index (χ0v) is 8.23. The number of aliphatic carboxylic acids is 1. The molecule has 1 saturated heterocycles. The third kappa shape index (κ3) is 2.99. The third-order valence-electron chi connectivity index (χ3n) is 2.26. The van der Waals surface area contributed by atoms with Gasteiger partial charge in [-0.25, -0.2) is 4.79 Å². The minimum absolute atomic E-state index is 0.115. The van der Waals surface area contributed by atoms with Crippen LogP contribution in [0.3, 0.4) is 0 Å². The molecule has 0 bridgehead atoms. The van der Waals surface area contributed by atoms with Crippen LogP contribution in [0.25, 0.3) is 0 Å². The van der Waals surface area contributed by atoms with Crippen LogP contribution in [0.15, 0.2) is 0 Å². The molecule has 80 valence electrons. The first-order valence-electron chi connectivity index (χ1n) is 4.73. The number of carboxylic acid groups (broad SMARTS) is 1. The van der Waals surface area contributed by atoms with E-state index in [-0.39, 0.29) is 12.5 Å². The van der Waals surface area contributed by atoms with Gasteiger partial charge in [-0.15, -0.1) is 0 Å². The molecule has 1 fully saturated rings. The Balaban J connectivity index is 2.23. The van der Waals surface area contributed by atoms with Crippen LogP contribution in [-0.2, 0) is 14.3 Å². The second-order valence-corrected chi connectivity index (χ2v) is 3.38. The molecule has 14 heavy (non-hydrogen) atoms. The standard InChI is InChI=1S/C9H15NO4/c1-7(9(12)13)14-6-8(11)10-4-2-3-5-10/h7H,2-6H2,1H3,(H,12,13)/t7-/m0/s1. The summed E-state index contributed by atoms with van der Waals surface area (Å²) in [7, 11) is 0. The number of likely N-dealkylation sites (tertiary alicyclic amines) is 1. The number of carbonyl (C=O) groups is 2. The highest BCUT2D eigenvalue weighted by Gasteiger charge is 2.20. The second-order valence-electron chi connectivity index (χ2n) is 3.38. The van der Waals surface area contributed by atoms with E-state index in [1.807, 2.05) is 0 Å². The minimum Gasteiger partial charge on any atom is -0.479 e. The second kappa shape index (κ2) is 4.95. The number of ether oxygens (including phenoxy) is 1. The smallest absolute Gasteiger partial charge is 0.332 e. The molecule has 1 aliphatic rings. The summed E-state index contributed by atoms with van der Waals surface area (Å²) in [6.45, 7) is 2.82. The Morgan fingerprint density at radius 3 is 2.50 bits per heavy atom. The molecule has 1 amide bonds. The Labute approximate surface area is 82.6 Å². The molecule has 0 aromatic heterocycles. The van der Waals surface area contributed by atoms with Crippen molar-refractivity contribution in [1.29, 1.82) is 0 Å². The first-order valence-corrected chi connectivity index (χ1v) is 4.73. The molecule has 1 aliphatic heterocycles. The summed E-state index contributed by atoms with van der Waals surface area (Å²) >= 11 is 0. The molecule has 0 spiro atoms. The van der Waals surface area contributed by atoms with Gasteiger partial charge in [0.2, 0.25) is 5.91 Å². The van der Waals surface area contributed by atoms with E-state index in [2.05, 4.69) is 0 Å². The highest BCUT2D eigenvalue weighted by Crippen LogP contribution is 2.07. The van der Waals surface area contributed by atoms with Crippen molar-refractivity contribution < 1.29 is 19.4 Å². The predicted octanol–water partition coefficient (Wildman–Crippen LogP) is 0.0985. The Hall–Kier alpha value is -1.10. The van der Waals surface area contributed by atoms with Crippen molar-refractivity contribution in [2.45, 2.75) is 25.9 Å². The fourth-order valence-electron chi connectivity index (χ4n) is 1.33. The van der Waals surface area contributed by atoms with E-state index in [4.69, 9.17) is 9.84 Å². The van der Waals surface area contributed by atoms with Crippen molar-refractivity contribution in [3.8, 4) is 0 Å². The van der Waals surface area contributed by atoms with Crippen molar-refractivity contribution in [3.05, 3.63) is 0 Å². The van der Waals surface area contributed by atoms with Crippen LogP contribution in [0.4, 0.5) is 0 Å². The average molecular weight is 201 g/mol. The molecule has 0 aromatic rings. The maximum absolute atomic E-state index is 11.4. The van der Waals surface area contributed by atoms with Crippen molar-refractivity contribution in [2.75, 3.05) is 19.7 Å². The van der Waals surface area contributed by atoms with Crippen LogP contribution < -0.4 is 0 Å². The first-order chi connectivity index (χ1) is 6.61. The summed E-state index contributed by atoms with van der Waals surface area (Å²) in [4.78, 5) is 23.5. The van der Waals surface area contributed by atoms with Crippen LogP contribution in [-0.4, -0.2) is 47.7 Å². The molecular formula is C9H15NO4. The van der Waals surface area contributed by atoms with Crippen molar-refractivity contribution >= 4 is 11.9 Å². The van der Waals surface area contributed by atoms with E-state index in [1.54, 1.807) is 4.90 Å². The van der Waals surface area contributed by atoms with Crippen molar-refractivity contribution in [2.24, 2.45) is 0 Å². The summed E-state index contributed by atoms with van der Waals surface area (Å²) in [6.07, 6.45) is 1.14. The number of hydrogen-bond donors (Lipinski definition) is 1. The molecule has 1 rings (SSSR count). The normalized spacial score (nSPS) is 18.2. The first kappa shape index (κ1) is 11.0. The molecule has 0 radical (unpaired) electrons. The molecule has 1 heterocycles. The van der Waals surface area contributed by atoms with E-state index in [9.17, 15) is 9.59 Å². The van der Waals surface area contributed by atoms with Gasteiger partial charge in [0.15, 0.2) is 6.10 Å². The highest BCUT2D eigenvalue weighted by atomic mass is 16.5. The molecule has 0 aromatic carbocycles. The molecule has 0 unspecified atom stereocenters. The third-order valence-corrected chi connectivity index (χ3v) is 2.26. The van der Waals surface area contributed by atoms with E-state index in [0.29, 0.717) is 0 Å². The molecule has 1 atom stereocenters. The fraction of sp³-hybridized carbons (Fsp3) is 0.778. The Kier molecular flexibility index (Phi) is 3.88. The van der Waals surface area contributed by atoms with Gasteiger partial charge in [0.05, 0.1) is 0 Å². The molecule has 0 aliphatic carbocycles. The van der Waals surface area contributed by atoms with Crippen molar-refractivity contribution in [3.63, 3.8) is 0 Å². The van der Waals surface area contributed by atoms with Gasteiger partial charge in [-0.1, -0.05) is 0 Å². The predicted molar refractivity (Wildman–Crippen MR) is 48.9 cm³/mol. The number of carbonyl (C=O) groups excluding carboxylic acids is 1. The van der Waals surface area contributed by atoms with Gasteiger partial charge in [-0.3, -0.25) is 4.79 Å².